The van der Waals surface area contributed by atoms with Crippen LogP contribution in [0.1, 0.15) is 0 Å². The fraction of sp³-hybridized carbons (Fsp3) is 0. The summed E-state index contributed by atoms with van der Waals surface area (Å²) in [5, 5.41) is 0. The maximum absolute atomic E-state index is 13.4. The molecule has 0 spiro atoms. The molecule has 0 bridgehead atoms. The van der Waals surface area contributed by atoms with Gasteiger partial charge in [-0.25, -0.2) is 22.2 Å². The Labute approximate surface area is 107 Å². The van der Waals surface area contributed by atoms with Gasteiger partial charge in [-0.1, -0.05) is 6.07 Å². The van der Waals surface area contributed by atoms with Gasteiger partial charge in [0.2, 0.25) is 5.95 Å². The van der Waals surface area contributed by atoms with Gasteiger partial charge in [0.25, 0.3) is 10.0 Å². The van der Waals surface area contributed by atoms with Crippen LogP contribution in [0.15, 0.2) is 41.3 Å². The van der Waals surface area contributed by atoms with Crippen molar-refractivity contribution in [3.63, 3.8) is 0 Å². The normalized spacial score (nSPS) is 11.3. The Morgan fingerprint density at radius 3 is 2.42 bits per heavy atom. The summed E-state index contributed by atoms with van der Waals surface area (Å²) >= 11 is 0. The highest BCUT2D eigenvalue weighted by atomic mass is 32.2. The monoisotopic (exact) mass is 288 g/mol. The quantitative estimate of drug-likeness (QED) is 0.882. The summed E-state index contributed by atoms with van der Waals surface area (Å²) in [4.78, 5) is 2.53. The van der Waals surface area contributed by atoms with Crippen molar-refractivity contribution in [1.82, 2.24) is 4.98 Å². The summed E-state index contributed by atoms with van der Waals surface area (Å²) in [6.07, 6.45) is 0. The van der Waals surface area contributed by atoms with Crippen LogP contribution < -0.4 is 4.72 Å². The average molecular weight is 288 g/mol. The summed E-state index contributed by atoms with van der Waals surface area (Å²) in [6.45, 7) is 0. The van der Waals surface area contributed by atoms with E-state index in [0.717, 1.165) is 18.2 Å². The number of sulfonamides is 1. The molecule has 2 rings (SSSR count). The van der Waals surface area contributed by atoms with E-state index in [2.05, 4.69) is 4.98 Å². The van der Waals surface area contributed by atoms with E-state index < -0.39 is 32.5 Å². The second-order valence-electron chi connectivity index (χ2n) is 3.53. The maximum atomic E-state index is 13.4. The summed E-state index contributed by atoms with van der Waals surface area (Å²) in [5.74, 6) is -3.34. The Kier molecular flexibility index (Phi) is 3.43. The zero-order chi connectivity index (χ0) is 14.0. The van der Waals surface area contributed by atoms with Gasteiger partial charge in [0.15, 0.2) is 0 Å². The Hall–Kier alpha value is -2.09. The van der Waals surface area contributed by atoms with Crippen molar-refractivity contribution in [2.24, 2.45) is 0 Å². The van der Waals surface area contributed by atoms with Crippen molar-refractivity contribution in [3.05, 3.63) is 54.0 Å². The van der Waals surface area contributed by atoms with Crippen LogP contribution in [-0.2, 0) is 10.0 Å². The first-order chi connectivity index (χ1) is 8.88. The summed E-state index contributed by atoms with van der Waals surface area (Å²) in [7, 11) is -4.30. The number of rotatable bonds is 3. The van der Waals surface area contributed by atoms with E-state index in [-0.39, 0.29) is 5.82 Å². The van der Waals surface area contributed by atoms with Gasteiger partial charge in [-0.2, -0.15) is 4.39 Å². The summed E-state index contributed by atoms with van der Waals surface area (Å²) < 4.78 is 64.4. The lowest BCUT2D eigenvalue weighted by Crippen LogP contribution is -2.15. The standard InChI is InChI=1S/C11H7F3N2O2S/c12-7-4-5-9(8(13)6-7)19(17,18)16-11-3-1-2-10(14)15-11/h1-6H,(H,15,16). The molecule has 0 radical (unpaired) electrons. The first kappa shape index (κ1) is 13.3. The molecule has 8 heteroatoms. The van der Waals surface area contributed by atoms with E-state index in [9.17, 15) is 21.6 Å². The zero-order valence-corrected chi connectivity index (χ0v) is 10.1. The van der Waals surface area contributed by atoms with Crippen LogP contribution in [0.4, 0.5) is 19.0 Å². The Bertz CT molecular complexity index is 720. The molecule has 0 aliphatic heterocycles. The maximum Gasteiger partial charge on any atom is 0.265 e. The molecule has 0 amide bonds. The Morgan fingerprint density at radius 2 is 1.79 bits per heavy atom. The van der Waals surface area contributed by atoms with Crippen molar-refractivity contribution in [2.75, 3.05) is 4.72 Å². The van der Waals surface area contributed by atoms with Gasteiger partial charge in [-0.05, 0) is 24.3 Å². The predicted octanol–water partition coefficient (Wildman–Crippen LogP) is 2.30. The molecule has 0 atom stereocenters. The number of halogens is 3. The van der Waals surface area contributed by atoms with Gasteiger partial charge >= 0.3 is 0 Å². The van der Waals surface area contributed by atoms with E-state index in [1.165, 1.54) is 12.1 Å². The van der Waals surface area contributed by atoms with Gasteiger partial charge in [-0.15, -0.1) is 0 Å². The van der Waals surface area contributed by atoms with E-state index in [1.54, 1.807) is 0 Å². The largest absolute Gasteiger partial charge is 0.265 e. The fourth-order valence-corrected chi connectivity index (χ4v) is 2.41. The molecule has 0 aliphatic carbocycles. The molecule has 1 N–H and O–H groups in total. The van der Waals surface area contributed by atoms with E-state index in [1.807, 2.05) is 4.72 Å². The third-order valence-corrected chi connectivity index (χ3v) is 3.53. The second-order valence-corrected chi connectivity index (χ2v) is 5.18. The molecule has 1 aromatic heterocycles. The SMILES string of the molecule is O=S(=O)(Nc1cccc(F)n1)c1ccc(F)cc1F. The minimum absolute atomic E-state index is 0.302. The fourth-order valence-electron chi connectivity index (χ4n) is 1.35. The van der Waals surface area contributed by atoms with E-state index >= 15 is 0 Å². The average Bonchev–Trinajstić information content (AvgIpc) is 2.27. The molecule has 0 saturated carbocycles. The number of hydrogen-bond donors (Lipinski definition) is 1. The third-order valence-electron chi connectivity index (χ3n) is 2.14. The lowest BCUT2D eigenvalue weighted by atomic mass is 10.3. The molecule has 0 unspecified atom stereocenters. The van der Waals surface area contributed by atoms with Crippen LogP contribution in [0.2, 0.25) is 0 Å². The number of aromatic nitrogens is 1. The highest BCUT2D eigenvalue weighted by molar-refractivity contribution is 7.92. The number of pyridine rings is 1. The minimum atomic E-state index is -4.30. The Morgan fingerprint density at radius 1 is 1.05 bits per heavy atom. The van der Waals surface area contributed by atoms with Gasteiger partial charge in [0, 0.05) is 6.07 Å². The van der Waals surface area contributed by atoms with E-state index in [4.69, 9.17) is 0 Å². The van der Waals surface area contributed by atoms with Crippen LogP contribution in [0.25, 0.3) is 0 Å². The number of benzene rings is 1. The topological polar surface area (TPSA) is 59.1 Å². The number of nitrogens with one attached hydrogen (secondary N) is 1. The molecule has 0 fully saturated rings. The third kappa shape index (κ3) is 3.02. The van der Waals surface area contributed by atoms with Crippen molar-refractivity contribution in [3.8, 4) is 0 Å². The first-order valence-corrected chi connectivity index (χ1v) is 6.47. The number of nitrogens with zero attached hydrogens (tertiary/aromatic N) is 1. The van der Waals surface area contributed by atoms with Gasteiger partial charge in [-0.3, -0.25) is 4.72 Å². The Balaban J connectivity index is 2.38. The van der Waals surface area contributed by atoms with Crippen molar-refractivity contribution in [2.45, 2.75) is 4.90 Å². The van der Waals surface area contributed by atoms with Crippen LogP contribution >= 0.6 is 0 Å². The number of anilines is 1. The van der Waals surface area contributed by atoms with Crippen LogP contribution in [0.3, 0.4) is 0 Å². The molecule has 1 heterocycles. The molecular formula is C11H7F3N2O2S. The lowest BCUT2D eigenvalue weighted by Gasteiger charge is -2.08. The predicted molar refractivity (Wildman–Crippen MR) is 61.4 cm³/mol. The van der Waals surface area contributed by atoms with Gasteiger partial charge in [0.05, 0.1) is 0 Å². The van der Waals surface area contributed by atoms with Gasteiger partial charge < -0.3 is 0 Å². The first-order valence-electron chi connectivity index (χ1n) is 4.99. The highest BCUT2D eigenvalue weighted by Crippen LogP contribution is 2.18. The number of hydrogen-bond acceptors (Lipinski definition) is 3. The lowest BCUT2D eigenvalue weighted by molar-refractivity contribution is 0.551. The molecule has 2 aromatic rings. The minimum Gasteiger partial charge on any atom is -0.263 e. The molecule has 0 saturated heterocycles. The van der Waals surface area contributed by atoms with Crippen LogP contribution in [-0.4, -0.2) is 13.4 Å². The molecule has 0 aliphatic rings. The second kappa shape index (κ2) is 4.88. The smallest absolute Gasteiger partial charge is 0.263 e. The molecule has 19 heavy (non-hydrogen) atoms. The molecule has 100 valence electrons. The van der Waals surface area contributed by atoms with Crippen molar-refractivity contribution >= 4 is 15.8 Å². The van der Waals surface area contributed by atoms with Crippen molar-refractivity contribution < 1.29 is 21.6 Å². The summed E-state index contributed by atoms with van der Waals surface area (Å²) in [5.41, 5.74) is 0. The van der Waals surface area contributed by atoms with Gasteiger partial charge in [0.1, 0.15) is 22.3 Å². The molecule has 4 nitrogen and oxygen atoms in total. The molecule has 1 aromatic carbocycles. The van der Waals surface area contributed by atoms with Crippen LogP contribution in [0.5, 0.6) is 0 Å². The summed E-state index contributed by atoms with van der Waals surface area (Å²) in [6, 6.07) is 5.47. The van der Waals surface area contributed by atoms with Crippen molar-refractivity contribution in [1.29, 1.82) is 0 Å². The zero-order valence-electron chi connectivity index (χ0n) is 9.27. The van der Waals surface area contributed by atoms with Crippen LogP contribution in [0, 0.1) is 17.6 Å². The van der Waals surface area contributed by atoms with E-state index in [0.29, 0.717) is 6.07 Å². The highest BCUT2D eigenvalue weighted by Gasteiger charge is 2.20. The molecular weight excluding hydrogens is 281 g/mol.